The van der Waals surface area contributed by atoms with Gasteiger partial charge in [0.15, 0.2) is 5.82 Å². The van der Waals surface area contributed by atoms with Crippen LogP contribution in [0, 0.1) is 6.92 Å². The maximum absolute atomic E-state index is 13.7. The molecule has 0 saturated carbocycles. The lowest BCUT2D eigenvalue weighted by atomic mass is 10.0. The van der Waals surface area contributed by atoms with Gasteiger partial charge in [-0.2, -0.15) is 0 Å². The molecule has 3 aromatic heterocycles. The first kappa shape index (κ1) is 24.0. The molecule has 6 rings (SSSR count). The van der Waals surface area contributed by atoms with Crippen LogP contribution in [0.1, 0.15) is 54.4 Å². The summed E-state index contributed by atoms with van der Waals surface area (Å²) in [5, 5.41) is 13.8. The summed E-state index contributed by atoms with van der Waals surface area (Å²) >= 11 is 0. The lowest BCUT2D eigenvalue weighted by molar-refractivity contribution is 0.0528. The van der Waals surface area contributed by atoms with Crippen LogP contribution in [-0.2, 0) is 22.6 Å². The fourth-order valence-corrected chi connectivity index (χ4v) is 5.53. The van der Waals surface area contributed by atoms with E-state index in [1.165, 1.54) is 0 Å². The average Bonchev–Trinajstić information content (AvgIpc) is 3.71. The number of furan rings is 1. The van der Waals surface area contributed by atoms with E-state index in [4.69, 9.17) is 13.9 Å². The molecule has 0 amide bonds. The highest BCUT2D eigenvalue weighted by Crippen LogP contribution is 2.31. The van der Waals surface area contributed by atoms with Crippen molar-refractivity contribution in [3.63, 3.8) is 0 Å². The standard InChI is InChI=1S/C27H32N6O4/c1-18-6-2-7-19-14-23(27(34)28-24(18)19)25(26-29-30-31-33(26)17-22-10-5-13-37-22)32(15-20-8-3-11-35-20)16-21-9-4-12-36-21/h2-3,6-8,11,14,21-22,25H,4-5,9-10,12-13,15-17H2,1H3,(H,28,34). The van der Waals surface area contributed by atoms with Crippen LogP contribution in [0.5, 0.6) is 0 Å². The lowest BCUT2D eigenvalue weighted by Crippen LogP contribution is -2.39. The van der Waals surface area contributed by atoms with Gasteiger partial charge in [0.1, 0.15) is 11.8 Å². The maximum Gasteiger partial charge on any atom is 0.253 e. The summed E-state index contributed by atoms with van der Waals surface area (Å²) in [5.74, 6) is 1.41. The molecular formula is C27H32N6O4. The fraction of sp³-hybridized carbons (Fsp3) is 0.481. The molecule has 10 nitrogen and oxygen atoms in total. The minimum Gasteiger partial charge on any atom is -0.468 e. The summed E-state index contributed by atoms with van der Waals surface area (Å²) in [6, 6.07) is 11.3. The number of fused-ring (bicyclic) bond motifs is 1. The van der Waals surface area contributed by atoms with Crippen LogP contribution in [0.4, 0.5) is 0 Å². The summed E-state index contributed by atoms with van der Waals surface area (Å²) in [6.07, 6.45) is 5.76. The van der Waals surface area contributed by atoms with Gasteiger partial charge in [0.2, 0.25) is 0 Å². The van der Waals surface area contributed by atoms with Crippen molar-refractivity contribution >= 4 is 10.9 Å². The van der Waals surface area contributed by atoms with Crippen molar-refractivity contribution in [1.29, 1.82) is 0 Å². The Morgan fingerprint density at radius 3 is 2.73 bits per heavy atom. The summed E-state index contributed by atoms with van der Waals surface area (Å²) < 4.78 is 19.4. The van der Waals surface area contributed by atoms with Crippen LogP contribution >= 0.6 is 0 Å². The number of H-pyrrole nitrogens is 1. The predicted octanol–water partition coefficient (Wildman–Crippen LogP) is 3.37. The highest BCUT2D eigenvalue weighted by Gasteiger charge is 2.34. The van der Waals surface area contributed by atoms with Crippen molar-refractivity contribution in [2.24, 2.45) is 0 Å². The van der Waals surface area contributed by atoms with E-state index in [1.807, 2.05) is 43.3 Å². The minimum atomic E-state index is -0.514. The molecule has 2 saturated heterocycles. The van der Waals surface area contributed by atoms with Crippen molar-refractivity contribution in [2.75, 3.05) is 19.8 Å². The Balaban J connectivity index is 1.47. The van der Waals surface area contributed by atoms with E-state index in [-0.39, 0.29) is 17.8 Å². The number of aryl methyl sites for hydroxylation is 1. The number of para-hydroxylation sites is 1. The number of rotatable bonds is 9. The number of aromatic nitrogens is 5. The van der Waals surface area contributed by atoms with Gasteiger partial charge in [-0.25, -0.2) is 4.68 Å². The third kappa shape index (κ3) is 5.09. The monoisotopic (exact) mass is 504 g/mol. The van der Waals surface area contributed by atoms with Gasteiger partial charge in [-0.05, 0) is 72.2 Å². The Morgan fingerprint density at radius 1 is 1.14 bits per heavy atom. The van der Waals surface area contributed by atoms with Gasteiger partial charge < -0.3 is 18.9 Å². The number of pyridine rings is 1. The van der Waals surface area contributed by atoms with Crippen molar-refractivity contribution in [1.82, 2.24) is 30.1 Å². The first-order valence-electron chi connectivity index (χ1n) is 13.0. The molecule has 3 unspecified atom stereocenters. The van der Waals surface area contributed by atoms with Gasteiger partial charge in [-0.1, -0.05) is 18.2 Å². The second-order valence-corrected chi connectivity index (χ2v) is 9.99. The van der Waals surface area contributed by atoms with E-state index in [1.54, 1.807) is 10.9 Å². The first-order chi connectivity index (χ1) is 18.2. The average molecular weight is 505 g/mol. The van der Waals surface area contributed by atoms with Crippen LogP contribution < -0.4 is 5.56 Å². The number of nitrogens with zero attached hydrogens (tertiary/aromatic N) is 5. The van der Waals surface area contributed by atoms with E-state index in [2.05, 4.69) is 25.4 Å². The van der Waals surface area contributed by atoms with Gasteiger partial charge >= 0.3 is 0 Å². The Morgan fingerprint density at radius 2 is 1.97 bits per heavy atom. The summed E-state index contributed by atoms with van der Waals surface area (Å²) in [6.45, 7) is 5.13. The molecule has 10 heteroatoms. The number of nitrogens with one attached hydrogen (secondary N) is 1. The Labute approximate surface area is 214 Å². The van der Waals surface area contributed by atoms with E-state index in [0.717, 1.165) is 61.1 Å². The molecule has 0 aliphatic carbocycles. The smallest absolute Gasteiger partial charge is 0.253 e. The Bertz CT molecular complexity index is 1390. The van der Waals surface area contributed by atoms with Crippen LogP contribution in [0.25, 0.3) is 10.9 Å². The third-order valence-corrected chi connectivity index (χ3v) is 7.38. The van der Waals surface area contributed by atoms with E-state index < -0.39 is 6.04 Å². The normalized spacial score (nSPS) is 20.8. The molecule has 2 fully saturated rings. The number of tetrazole rings is 1. The molecule has 1 N–H and O–H groups in total. The maximum atomic E-state index is 13.7. The van der Waals surface area contributed by atoms with Crippen molar-refractivity contribution < 1.29 is 13.9 Å². The zero-order valence-corrected chi connectivity index (χ0v) is 21.0. The quantitative estimate of drug-likeness (QED) is 0.369. The third-order valence-electron chi connectivity index (χ3n) is 7.38. The molecular weight excluding hydrogens is 472 g/mol. The molecule has 2 aliphatic heterocycles. The molecule has 194 valence electrons. The van der Waals surface area contributed by atoms with Gasteiger partial charge in [-0.15, -0.1) is 5.10 Å². The van der Waals surface area contributed by atoms with Crippen molar-refractivity contribution in [3.8, 4) is 0 Å². The zero-order chi connectivity index (χ0) is 25.2. The number of benzene rings is 1. The molecule has 0 bridgehead atoms. The topological polar surface area (TPSA) is 111 Å². The summed E-state index contributed by atoms with van der Waals surface area (Å²) in [5.41, 5.74) is 2.29. The molecule has 0 spiro atoms. The number of hydrogen-bond acceptors (Lipinski definition) is 8. The highest BCUT2D eigenvalue weighted by molar-refractivity contribution is 5.82. The Hall–Kier alpha value is -3.34. The zero-order valence-electron chi connectivity index (χ0n) is 21.0. The second-order valence-electron chi connectivity index (χ2n) is 9.99. The van der Waals surface area contributed by atoms with Gasteiger partial charge in [0.05, 0.1) is 37.1 Å². The number of ether oxygens (including phenoxy) is 2. The number of hydrogen-bond donors (Lipinski definition) is 1. The van der Waals surface area contributed by atoms with Crippen LogP contribution in [-0.4, -0.2) is 62.1 Å². The molecule has 5 heterocycles. The fourth-order valence-electron chi connectivity index (χ4n) is 5.53. The van der Waals surface area contributed by atoms with Crippen LogP contribution in [0.15, 0.2) is 51.9 Å². The van der Waals surface area contributed by atoms with Crippen LogP contribution in [0.2, 0.25) is 0 Å². The number of aromatic amines is 1. The molecule has 0 radical (unpaired) electrons. The van der Waals surface area contributed by atoms with Gasteiger partial charge in [0, 0.05) is 25.3 Å². The van der Waals surface area contributed by atoms with Crippen molar-refractivity contribution in [3.05, 3.63) is 75.7 Å². The van der Waals surface area contributed by atoms with Crippen molar-refractivity contribution in [2.45, 2.75) is 63.9 Å². The van der Waals surface area contributed by atoms with E-state index in [9.17, 15) is 4.79 Å². The minimum absolute atomic E-state index is 0.0529. The molecule has 4 aromatic rings. The SMILES string of the molecule is Cc1cccc2cc(C(c3nnnn3CC3CCCO3)N(Cc3ccco3)CC3CCCO3)c(=O)[nH]c12. The second kappa shape index (κ2) is 10.6. The molecule has 1 aromatic carbocycles. The molecule has 2 aliphatic rings. The van der Waals surface area contributed by atoms with Crippen LogP contribution in [0.3, 0.4) is 0 Å². The first-order valence-corrected chi connectivity index (χ1v) is 13.0. The largest absolute Gasteiger partial charge is 0.468 e. The highest BCUT2D eigenvalue weighted by atomic mass is 16.5. The summed E-state index contributed by atoms with van der Waals surface area (Å²) in [4.78, 5) is 19.0. The van der Waals surface area contributed by atoms with E-state index in [0.29, 0.717) is 31.0 Å². The van der Waals surface area contributed by atoms with E-state index >= 15 is 0 Å². The lowest BCUT2D eigenvalue weighted by Gasteiger charge is -2.32. The van der Waals surface area contributed by atoms with Gasteiger partial charge in [0.25, 0.3) is 5.56 Å². The van der Waals surface area contributed by atoms with Gasteiger partial charge in [-0.3, -0.25) is 9.69 Å². The Kier molecular flexibility index (Phi) is 6.86. The molecule has 3 atom stereocenters. The molecule has 37 heavy (non-hydrogen) atoms. The predicted molar refractivity (Wildman–Crippen MR) is 136 cm³/mol. The summed E-state index contributed by atoms with van der Waals surface area (Å²) in [7, 11) is 0.